The number of aryl methyl sites for hydroxylation is 2. The van der Waals surface area contributed by atoms with Gasteiger partial charge < -0.3 is 19.5 Å². The maximum Gasteiger partial charge on any atom is 0.255 e. The third-order valence-electron chi connectivity index (χ3n) is 3.78. The first-order valence-electron chi connectivity index (χ1n) is 7.76. The highest BCUT2D eigenvalue weighted by Crippen LogP contribution is 2.30. The number of ether oxygens (including phenoxy) is 3. The average Bonchev–Trinajstić information content (AvgIpc) is 2.60. The number of nitrogens with one attached hydrogen (secondary N) is 1. The molecule has 2 rings (SSSR count). The Morgan fingerprint density at radius 3 is 2.50 bits per heavy atom. The molecule has 0 radical (unpaired) electrons. The van der Waals surface area contributed by atoms with Gasteiger partial charge in [-0.25, -0.2) is 0 Å². The molecule has 1 amide bonds. The lowest BCUT2D eigenvalue weighted by Gasteiger charge is -2.13. The predicted molar refractivity (Wildman–Crippen MR) is 93.3 cm³/mol. The quantitative estimate of drug-likeness (QED) is 0.793. The second kappa shape index (κ2) is 8.24. The van der Waals surface area contributed by atoms with E-state index >= 15 is 0 Å². The maximum atomic E-state index is 12.3. The number of para-hydroxylation sites is 1. The van der Waals surface area contributed by atoms with Crippen LogP contribution in [0.15, 0.2) is 36.4 Å². The highest BCUT2D eigenvalue weighted by Gasteiger charge is 2.15. The Bertz CT molecular complexity index is 713. The molecule has 0 aromatic heterocycles. The van der Waals surface area contributed by atoms with Crippen LogP contribution in [0.4, 0.5) is 0 Å². The molecule has 0 fully saturated rings. The van der Waals surface area contributed by atoms with Gasteiger partial charge in [-0.2, -0.15) is 0 Å². The molecule has 1 N–H and O–H groups in total. The topological polar surface area (TPSA) is 56.8 Å². The minimum atomic E-state index is -0.227. The Hall–Kier alpha value is -2.69. The number of rotatable bonds is 7. The van der Waals surface area contributed by atoms with Crippen molar-refractivity contribution in [1.82, 2.24) is 5.32 Å². The highest BCUT2D eigenvalue weighted by molar-refractivity contribution is 5.97. The summed E-state index contributed by atoms with van der Waals surface area (Å²) in [7, 11) is 3.05. The number of hydrogen-bond acceptors (Lipinski definition) is 4. The summed E-state index contributed by atoms with van der Waals surface area (Å²) >= 11 is 0. The molecule has 0 aliphatic heterocycles. The van der Waals surface area contributed by atoms with Crippen molar-refractivity contribution in [3.8, 4) is 17.2 Å². The van der Waals surface area contributed by atoms with Crippen LogP contribution in [0, 0.1) is 13.8 Å². The molecule has 24 heavy (non-hydrogen) atoms. The molecule has 0 aliphatic rings. The zero-order chi connectivity index (χ0) is 17.5. The first kappa shape index (κ1) is 17.7. The van der Waals surface area contributed by atoms with E-state index in [-0.39, 0.29) is 5.91 Å². The van der Waals surface area contributed by atoms with Crippen molar-refractivity contribution >= 4 is 5.91 Å². The minimum Gasteiger partial charge on any atom is -0.493 e. The van der Waals surface area contributed by atoms with E-state index in [1.165, 1.54) is 25.3 Å². The van der Waals surface area contributed by atoms with Crippen LogP contribution in [0.2, 0.25) is 0 Å². The van der Waals surface area contributed by atoms with E-state index in [1.54, 1.807) is 18.2 Å². The maximum absolute atomic E-state index is 12.3. The van der Waals surface area contributed by atoms with Gasteiger partial charge in [-0.15, -0.1) is 0 Å². The summed E-state index contributed by atoms with van der Waals surface area (Å²) < 4.78 is 16.1. The van der Waals surface area contributed by atoms with Crippen molar-refractivity contribution in [3.63, 3.8) is 0 Å². The fourth-order valence-electron chi connectivity index (χ4n) is 2.30. The smallest absolute Gasteiger partial charge is 0.255 e. The zero-order valence-electron chi connectivity index (χ0n) is 14.5. The van der Waals surface area contributed by atoms with Gasteiger partial charge in [0.2, 0.25) is 0 Å². The molecular weight excluding hydrogens is 306 g/mol. The lowest BCUT2D eigenvalue weighted by Crippen LogP contribution is -2.28. The Kier molecular flexibility index (Phi) is 6.07. The Balaban J connectivity index is 1.90. The van der Waals surface area contributed by atoms with Crippen molar-refractivity contribution in [2.24, 2.45) is 0 Å². The van der Waals surface area contributed by atoms with Gasteiger partial charge in [-0.3, -0.25) is 4.79 Å². The van der Waals surface area contributed by atoms with E-state index < -0.39 is 0 Å². The highest BCUT2D eigenvalue weighted by atomic mass is 16.5. The summed E-state index contributed by atoms with van der Waals surface area (Å²) in [4.78, 5) is 12.3. The summed E-state index contributed by atoms with van der Waals surface area (Å²) in [6, 6.07) is 11.1. The van der Waals surface area contributed by atoms with Crippen LogP contribution in [0.3, 0.4) is 0 Å². The van der Waals surface area contributed by atoms with Crippen molar-refractivity contribution in [1.29, 1.82) is 0 Å². The van der Waals surface area contributed by atoms with Crippen molar-refractivity contribution in [2.45, 2.75) is 13.8 Å². The zero-order valence-corrected chi connectivity index (χ0v) is 14.5. The van der Waals surface area contributed by atoms with Crippen molar-refractivity contribution in [2.75, 3.05) is 27.4 Å². The van der Waals surface area contributed by atoms with Gasteiger partial charge in [0.05, 0.1) is 26.3 Å². The first-order valence-corrected chi connectivity index (χ1v) is 7.76. The molecule has 0 bridgehead atoms. The molecule has 0 unspecified atom stereocenters. The number of carbonyl (C=O) groups excluding carboxylic acids is 1. The van der Waals surface area contributed by atoms with Crippen LogP contribution in [-0.2, 0) is 0 Å². The fourth-order valence-corrected chi connectivity index (χ4v) is 2.30. The van der Waals surface area contributed by atoms with E-state index in [9.17, 15) is 4.79 Å². The lowest BCUT2D eigenvalue weighted by molar-refractivity contribution is 0.0943. The Labute approximate surface area is 142 Å². The van der Waals surface area contributed by atoms with Gasteiger partial charge in [0.1, 0.15) is 12.4 Å². The predicted octanol–water partition coefficient (Wildman–Crippen LogP) is 3.13. The minimum absolute atomic E-state index is 0.227. The summed E-state index contributed by atoms with van der Waals surface area (Å²) in [6.45, 7) is 4.88. The molecule has 2 aromatic rings. The molecule has 5 heteroatoms. The number of amides is 1. The molecule has 0 atom stereocenters. The second-order valence-electron chi connectivity index (χ2n) is 5.39. The van der Waals surface area contributed by atoms with E-state index in [0.717, 1.165) is 5.75 Å². The third-order valence-corrected chi connectivity index (χ3v) is 3.78. The van der Waals surface area contributed by atoms with Crippen LogP contribution < -0.4 is 19.5 Å². The Morgan fingerprint density at radius 1 is 1.04 bits per heavy atom. The van der Waals surface area contributed by atoms with Gasteiger partial charge in [-0.1, -0.05) is 12.1 Å². The van der Waals surface area contributed by atoms with Crippen LogP contribution in [-0.4, -0.2) is 33.3 Å². The van der Waals surface area contributed by atoms with E-state index in [1.807, 2.05) is 25.1 Å². The van der Waals surface area contributed by atoms with E-state index in [4.69, 9.17) is 14.2 Å². The summed E-state index contributed by atoms with van der Waals surface area (Å²) in [5, 5.41) is 2.82. The molecule has 2 aromatic carbocycles. The SMILES string of the molecule is COc1cccc(C(=O)NCCOc2ccc(C)c(C)c2)c1OC. The average molecular weight is 329 g/mol. The van der Waals surface area contributed by atoms with Gasteiger partial charge in [0, 0.05) is 0 Å². The first-order chi connectivity index (χ1) is 11.6. The molecule has 128 valence electrons. The molecular formula is C19H23NO4. The molecule has 0 spiro atoms. The standard InChI is InChI=1S/C19H23NO4/c1-13-8-9-15(12-14(13)2)24-11-10-20-19(21)16-6-5-7-17(22-3)18(16)23-4/h5-9,12H,10-11H2,1-4H3,(H,20,21). The number of hydrogen-bond donors (Lipinski definition) is 1. The van der Waals surface area contributed by atoms with Gasteiger partial charge >= 0.3 is 0 Å². The van der Waals surface area contributed by atoms with E-state index in [0.29, 0.717) is 30.2 Å². The van der Waals surface area contributed by atoms with Gasteiger partial charge in [0.15, 0.2) is 11.5 Å². The molecule has 5 nitrogen and oxygen atoms in total. The molecule has 0 saturated carbocycles. The van der Waals surface area contributed by atoms with E-state index in [2.05, 4.69) is 12.2 Å². The van der Waals surface area contributed by atoms with Crippen LogP contribution in [0.25, 0.3) is 0 Å². The largest absolute Gasteiger partial charge is 0.493 e. The number of benzene rings is 2. The molecule has 0 heterocycles. The number of carbonyl (C=O) groups is 1. The monoisotopic (exact) mass is 329 g/mol. The third kappa shape index (κ3) is 4.19. The van der Waals surface area contributed by atoms with Gasteiger partial charge in [0.25, 0.3) is 5.91 Å². The summed E-state index contributed by atoms with van der Waals surface area (Å²) in [5.41, 5.74) is 2.83. The van der Waals surface area contributed by atoms with Crippen LogP contribution >= 0.6 is 0 Å². The second-order valence-corrected chi connectivity index (χ2v) is 5.39. The summed E-state index contributed by atoms with van der Waals surface area (Å²) in [5.74, 6) is 1.52. The molecule has 0 aliphatic carbocycles. The van der Waals surface area contributed by atoms with Crippen LogP contribution in [0.5, 0.6) is 17.2 Å². The van der Waals surface area contributed by atoms with Crippen LogP contribution in [0.1, 0.15) is 21.5 Å². The summed E-state index contributed by atoms with van der Waals surface area (Å²) in [6.07, 6.45) is 0. The Morgan fingerprint density at radius 2 is 1.83 bits per heavy atom. The fraction of sp³-hybridized carbons (Fsp3) is 0.316. The van der Waals surface area contributed by atoms with Gasteiger partial charge in [-0.05, 0) is 49.2 Å². The lowest BCUT2D eigenvalue weighted by atomic mass is 10.1. The van der Waals surface area contributed by atoms with Crippen molar-refractivity contribution < 1.29 is 19.0 Å². The van der Waals surface area contributed by atoms with Crippen molar-refractivity contribution in [3.05, 3.63) is 53.1 Å². The number of methoxy groups -OCH3 is 2. The molecule has 0 saturated heterocycles. The normalized spacial score (nSPS) is 10.2.